The van der Waals surface area contributed by atoms with Crippen molar-refractivity contribution in [2.24, 2.45) is 0 Å². The van der Waals surface area contributed by atoms with E-state index in [0.717, 1.165) is 6.54 Å². The zero-order chi connectivity index (χ0) is 14.2. The van der Waals surface area contributed by atoms with Gasteiger partial charge < -0.3 is 4.98 Å². The highest BCUT2D eigenvalue weighted by molar-refractivity contribution is 6.73. The maximum atomic E-state index is 3.76. The summed E-state index contributed by atoms with van der Waals surface area (Å²) in [5.41, 5.74) is 1.43. The number of fused-ring (bicyclic) bond motifs is 2. The van der Waals surface area contributed by atoms with Crippen molar-refractivity contribution < 1.29 is 0 Å². The molecule has 0 saturated heterocycles. The fraction of sp³-hybridized carbons (Fsp3) is 0.222. The van der Waals surface area contributed by atoms with Crippen molar-refractivity contribution in [2.75, 3.05) is 0 Å². The Labute approximate surface area is 121 Å². The molecule has 20 heavy (non-hydrogen) atoms. The molecule has 102 valence electrons. The minimum absolute atomic E-state index is 0.956. The molecule has 3 aromatic carbocycles. The van der Waals surface area contributed by atoms with Gasteiger partial charge in [0.1, 0.15) is 8.24 Å². The van der Waals surface area contributed by atoms with Crippen molar-refractivity contribution in [3.05, 3.63) is 60.2 Å². The monoisotopic (exact) mass is 279 g/mol. The van der Waals surface area contributed by atoms with Crippen molar-refractivity contribution in [3.8, 4) is 0 Å². The summed E-state index contributed by atoms with van der Waals surface area (Å²) in [7, 11) is -1.26. The van der Waals surface area contributed by atoms with Crippen LogP contribution in [0.1, 0.15) is 5.56 Å². The normalized spacial score (nSPS) is 12.2. The molecular formula is C18H21NSi. The number of hydrogen-bond acceptors (Lipinski definition) is 1. The van der Waals surface area contributed by atoms with E-state index in [4.69, 9.17) is 0 Å². The Morgan fingerprint density at radius 2 is 1.30 bits per heavy atom. The lowest BCUT2D eigenvalue weighted by Gasteiger charge is -2.20. The van der Waals surface area contributed by atoms with Gasteiger partial charge >= 0.3 is 0 Å². The van der Waals surface area contributed by atoms with Gasteiger partial charge in [-0.1, -0.05) is 68.2 Å². The average molecular weight is 279 g/mol. The molecule has 0 atom stereocenters. The van der Waals surface area contributed by atoms with Crippen molar-refractivity contribution in [3.63, 3.8) is 0 Å². The largest absolute Gasteiger partial charge is 0.334 e. The lowest BCUT2D eigenvalue weighted by molar-refractivity contribution is 0.931. The zero-order valence-corrected chi connectivity index (χ0v) is 13.4. The first-order valence-corrected chi connectivity index (χ1v) is 10.7. The van der Waals surface area contributed by atoms with Gasteiger partial charge in [0.15, 0.2) is 0 Å². The highest BCUT2D eigenvalue weighted by Gasteiger charge is 2.14. The van der Waals surface area contributed by atoms with Gasteiger partial charge in [0.05, 0.1) is 0 Å². The zero-order valence-electron chi connectivity index (χ0n) is 12.4. The molecule has 0 unspecified atom stereocenters. The summed E-state index contributed by atoms with van der Waals surface area (Å²) < 4.78 is 0. The third-order valence-corrected chi connectivity index (χ3v) is 4.92. The molecule has 0 radical (unpaired) electrons. The Balaban J connectivity index is 2.22. The van der Waals surface area contributed by atoms with Gasteiger partial charge in [-0.05, 0) is 33.2 Å². The predicted molar refractivity (Wildman–Crippen MR) is 91.6 cm³/mol. The molecule has 0 aliphatic heterocycles. The third-order valence-electron chi connectivity index (χ3n) is 3.68. The molecule has 0 aromatic heterocycles. The van der Waals surface area contributed by atoms with Crippen LogP contribution >= 0.6 is 0 Å². The van der Waals surface area contributed by atoms with E-state index < -0.39 is 8.24 Å². The Bertz CT molecular complexity index is 702. The molecule has 1 nitrogen and oxygen atoms in total. The van der Waals surface area contributed by atoms with Crippen LogP contribution in [0, 0.1) is 0 Å². The molecule has 3 rings (SSSR count). The van der Waals surface area contributed by atoms with E-state index in [1.54, 1.807) is 0 Å². The maximum Gasteiger partial charge on any atom is 0.116 e. The Kier molecular flexibility index (Phi) is 3.36. The molecule has 1 N–H and O–H groups in total. The van der Waals surface area contributed by atoms with Gasteiger partial charge in [0.25, 0.3) is 0 Å². The first kappa shape index (κ1) is 13.3. The summed E-state index contributed by atoms with van der Waals surface area (Å²) in [5, 5.41) is 5.41. The van der Waals surface area contributed by atoms with Crippen molar-refractivity contribution in [2.45, 2.75) is 26.2 Å². The first-order valence-electron chi connectivity index (χ1n) is 7.19. The number of nitrogens with one attached hydrogen (secondary N) is 1. The second kappa shape index (κ2) is 5.04. The van der Waals surface area contributed by atoms with Gasteiger partial charge in [-0.15, -0.1) is 0 Å². The second-order valence-corrected chi connectivity index (χ2v) is 11.3. The molecule has 0 spiro atoms. The van der Waals surface area contributed by atoms with E-state index in [9.17, 15) is 0 Å². The van der Waals surface area contributed by atoms with Crippen LogP contribution in [0.25, 0.3) is 21.5 Å². The predicted octanol–water partition coefficient (Wildman–Crippen LogP) is 4.92. The number of rotatable bonds is 3. The Hall–Kier alpha value is -1.64. The van der Waals surface area contributed by atoms with Crippen molar-refractivity contribution in [1.29, 1.82) is 0 Å². The topological polar surface area (TPSA) is 12.0 Å². The summed E-state index contributed by atoms with van der Waals surface area (Å²) in [5.74, 6) is 0. The average Bonchev–Trinajstić information content (AvgIpc) is 2.42. The molecule has 0 aliphatic carbocycles. The van der Waals surface area contributed by atoms with Gasteiger partial charge in [-0.3, -0.25) is 0 Å². The Morgan fingerprint density at radius 1 is 0.800 bits per heavy atom. The highest BCUT2D eigenvalue weighted by Crippen LogP contribution is 2.28. The molecule has 0 amide bonds. The van der Waals surface area contributed by atoms with E-state index in [2.05, 4.69) is 79.2 Å². The van der Waals surface area contributed by atoms with Crippen LogP contribution in [-0.2, 0) is 6.54 Å². The molecule has 0 bridgehead atoms. The van der Waals surface area contributed by atoms with Crippen LogP contribution in [0.5, 0.6) is 0 Å². The van der Waals surface area contributed by atoms with Crippen LogP contribution in [-0.4, -0.2) is 8.24 Å². The lowest BCUT2D eigenvalue weighted by atomic mass is 9.97. The smallest absolute Gasteiger partial charge is 0.116 e. The summed E-state index contributed by atoms with van der Waals surface area (Å²) in [6.45, 7) is 8.00. The highest BCUT2D eigenvalue weighted by atomic mass is 28.3. The second-order valence-electron chi connectivity index (χ2n) is 6.40. The van der Waals surface area contributed by atoms with Gasteiger partial charge in [-0.2, -0.15) is 0 Å². The fourth-order valence-electron chi connectivity index (χ4n) is 2.65. The third kappa shape index (κ3) is 2.62. The van der Waals surface area contributed by atoms with Crippen LogP contribution in [0.15, 0.2) is 54.6 Å². The molecule has 0 saturated carbocycles. The summed E-state index contributed by atoms with van der Waals surface area (Å²) in [6.07, 6.45) is 0. The summed E-state index contributed by atoms with van der Waals surface area (Å²) >= 11 is 0. The minimum atomic E-state index is -1.26. The van der Waals surface area contributed by atoms with E-state index in [1.807, 2.05) is 0 Å². The lowest BCUT2D eigenvalue weighted by Crippen LogP contribution is -2.40. The van der Waals surface area contributed by atoms with E-state index >= 15 is 0 Å². The van der Waals surface area contributed by atoms with E-state index in [1.165, 1.54) is 27.1 Å². The minimum Gasteiger partial charge on any atom is -0.334 e. The van der Waals surface area contributed by atoms with E-state index in [0.29, 0.717) is 0 Å². The number of hydrogen-bond donors (Lipinski definition) is 1. The van der Waals surface area contributed by atoms with Crippen molar-refractivity contribution in [1.82, 2.24) is 4.98 Å². The molecule has 2 heteroatoms. The standard InChI is InChI=1S/C18H21NSi/c1-20(2,3)19-13-18-16-10-6-4-8-14(16)12-15-9-5-7-11-17(15)18/h4-12,19H,13H2,1-3H3. The van der Waals surface area contributed by atoms with Crippen LogP contribution in [0.3, 0.4) is 0 Å². The van der Waals surface area contributed by atoms with Crippen LogP contribution in [0.4, 0.5) is 0 Å². The van der Waals surface area contributed by atoms with E-state index in [-0.39, 0.29) is 0 Å². The maximum absolute atomic E-state index is 3.76. The van der Waals surface area contributed by atoms with Gasteiger partial charge in [-0.25, -0.2) is 0 Å². The van der Waals surface area contributed by atoms with Gasteiger partial charge in [0.2, 0.25) is 0 Å². The molecular weight excluding hydrogens is 258 g/mol. The summed E-state index contributed by atoms with van der Waals surface area (Å²) in [4.78, 5) is 3.76. The number of benzene rings is 3. The molecule has 3 aromatic rings. The van der Waals surface area contributed by atoms with Crippen LogP contribution in [0.2, 0.25) is 19.6 Å². The van der Waals surface area contributed by atoms with Crippen molar-refractivity contribution >= 4 is 29.8 Å². The quantitative estimate of drug-likeness (QED) is 0.530. The fourth-order valence-corrected chi connectivity index (χ4v) is 3.36. The summed E-state index contributed by atoms with van der Waals surface area (Å²) in [6, 6.07) is 19.7. The van der Waals surface area contributed by atoms with Gasteiger partial charge in [0, 0.05) is 6.54 Å². The van der Waals surface area contributed by atoms with Crippen LogP contribution < -0.4 is 4.98 Å². The molecule has 0 heterocycles. The molecule has 0 aliphatic rings. The molecule has 0 fully saturated rings. The SMILES string of the molecule is C[Si](C)(C)NCc1c2ccccc2cc2ccccc12. The first-order chi connectivity index (χ1) is 9.54. The Morgan fingerprint density at radius 3 is 1.80 bits per heavy atom.